The minimum atomic E-state index is -0.533. The van der Waals surface area contributed by atoms with Gasteiger partial charge in [-0.2, -0.15) is 0 Å². The van der Waals surface area contributed by atoms with Crippen LogP contribution in [0.2, 0.25) is 0 Å². The van der Waals surface area contributed by atoms with Gasteiger partial charge in [0, 0.05) is 25.3 Å². The number of nitrogens with one attached hydrogen (secondary N) is 1. The summed E-state index contributed by atoms with van der Waals surface area (Å²) in [6.45, 7) is 1.16. The van der Waals surface area contributed by atoms with E-state index in [1.54, 1.807) is 0 Å². The molecule has 0 aliphatic carbocycles. The third-order valence-corrected chi connectivity index (χ3v) is 3.64. The van der Waals surface area contributed by atoms with Crippen LogP contribution in [0.4, 0.5) is 15.8 Å². The first-order chi connectivity index (χ1) is 9.08. The van der Waals surface area contributed by atoms with E-state index in [9.17, 15) is 14.5 Å². The van der Waals surface area contributed by atoms with E-state index in [1.165, 1.54) is 6.07 Å². The van der Waals surface area contributed by atoms with Gasteiger partial charge in [0.05, 0.1) is 15.5 Å². The van der Waals surface area contributed by atoms with Crippen molar-refractivity contribution < 1.29 is 14.1 Å². The minimum absolute atomic E-state index is 0.0278. The number of rotatable bonds is 4. The maximum atomic E-state index is 13.4. The highest BCUT2D eigenvalue weighted by Gasteiger charge is 2.19. The van der Waals surface area contributed by atoms with Gasteiger partial charge >= 0.3 is 0 Å². The molecule has 0 amide bonds. The van der Waals surface area contributed by atoms with Crippen molar-refractivity contribution in [2.24, 2.45) is 0 Å². The third-order valence-electron chi connectivity index (χ3n) is 3.03. The summed E-state index contributed by atoms with van der Waals surface area (Å²) in [6, 6.07) is 2.30. The van der Waals surface area contributed by atoms with Crippen molar-refractivity contribution in [3.8, 4) is 0 Å². The van der Waals surface area contributed by atoms with Gasteiger partial charge in [0.15, 0.2) is 0 Å². The van der Waals surface area contributed by atoms with E-state index in [2.05, 4.69) is 21.2 Å². The van der Waals surface area contributed by atoms with E-state index in [1.807, 2.05) is 0 Å². The Morgan fingerprint density at radius 3 is 2.95 bits per heavy atom. The lowest BCUT2D eigenvalue weighted by Gasteiger charge is -2.23. The summed E-state index contributed by atoms with van der Waals surface area (Å²) in [5.41, 5.74) is 0.0314. The predicted molar refractivity (Wildman–Crippen MR) is 72.8 cm³/mol. The number of hydrogen-bond acceptors (Lipinski definition) is 4. The van der Waals surface area contributed by atoms with Crippen LogP contribution < -0.4 is 5.32 Å². The van der Waals surface area contributed by atoms with Crippen LogP contribution in [-0.4, -0.2) is 24.2 Å². The second kappa shape index (κ2) is 6.29. The standard InChI is InChI=1S/C12H14BrFN2O3/c13-9-5-12(16(17)18)11(6-10(9)14)15-7-8-3-1-2-4-19-8/h5-6,8,15H,1-4,7H2. The lowest BCUT2D eigenvalue weighted by Crippen LogP contribution is -2.27. The second-order valence-electron chi connectivity index (χ2n) is 4.41. The molecule has 1 aromatic carbocycles. The van der Waals surface area contributed by atoms with Crippen molar-refractivity contribution in [2.75, 3.05) is 18.5 Å². The molecule has 19 heavy (non-hydrogen) atoms. The fraction of sp³-hybridized carbons (Fsp3) is 0.500. The molecule has 1 fully saturated rings. The molecule has 1 atom stereocenters. The maximum Gasteiger partial charge on any atom is 0.293 e. The molecule has 1 saturated heterocycles. The molecule has 1 aliphatic heterocycles. The summed E-state index contributed by atoms with van der Waals surface area (Å²) >= 11 is 2.94. The lowest BCUT2D eigenvalue weighted by molar-refractivity contribution is -0.384. The summed E-state index contributed by atoms with van der Waals surface area (Å²) in [4.78, 5) is 10.4. The fourth-order valence-corrected chi connectivity index (χ4v) is 2.35. The molecule has 1 aliphatic rings. The molecule has 1 aromatic rings. The Morgan fingerprint density at radius 2 is 2.32 bits per heavy atom. The van der Waals surface area contributed by atoms with Gasteiger partial charge in [-0.05, 0) is 35.2 Å². The molecule has 1 unspecified atom stereocenters. The van der Waals surface area contributed by atoms with Crippen LogP contribution in [0.15, 0.2) is 16.6 Å². The zero-order valence-corrected chi connectivity index (χ0v) is 11.8. The first kappa shape index (κ1) is 14.2. The quantitative estimate of drug-likeness (QED) is 0.677. The molecule has 104 valence electrons. The SMILES string of the molecule is O=[N+]([O-])c1cc(Br)c(F)cc1NCC1CCCCO1. The van der Waals surface area contributed by atoms with Crippen molar-refractivity contribution in [3.05, 3.63) is 32.5 Å². The number of nitro benzene ring substituents is 1. The Balaban J connectivity index is 2.09. The van der Waals surface area contributed by atoms with Crippen LogP contribution >= 0.6 is 15.9 Å². The van der Waals surface area contributed by atoms with Gasteiger partial charge in [-0.25, -0.2) is 4.39 Å². The van der Waals surface area contributed by atoms with Crippen LogP contribution in [0.5, 0.6) is 0 Å². The van der Waals surface area contributed by atoms with Crippen molar-refractivity contribution in [2.45, 2.75) is 25.4 Å². The third kappa shape index (κ3) is 3.63. The maximum absolute atomic E-state index is 13.4. The predicted octanol–water partition coefficient (Wildman–Crippen LogP) is 3.48. The topological polar surface area (TPSA) is 64.4 Å². The Labute approximate surface area is 118 Å². The van der Waals surface area contributed by atoms with Crippen molar-refractivity contribution in [1.29, 1.82) is 0 Å². The van der Waals surface area contributed by atoms with Gasteiger partial charge in [0.2, 0.25) is 0 Å². The molecule has 0 spiro atoms. The monoisotopic (exact) mass is 332 g/mol. The number of nitro groups is 1. The minimum Gasteiger partial charge on any atom is -0.377 e. The average Bonchev–Trinajstić information content (AvgIpc) is 2.40. The van der Waals surface area contributed by atoms with Gasteiger partial charge in [-0.15, -0.1) is 0 Å². The highest BCUT2D eigenvalue weighted by atomic mass is 79.9. The first-order valence-corrected chi connectivity index (χ1v) is 6.86. The molecule has 0 aromatic heterocycles. The Morgan fingerprint density at radius 1 is 1.53 bits per heavy atom. The smallest absolute Gasteiger partial charge is 0.293 e. The molecular weight excluding hydrogens is 319 g/mol. The van der Waals surface area contributed by atoms with Crippen LogP contribution in [0.1, 0.15) is 19.3 Å². The van der Waals surface area contributed by atoms with Gasteiger partial charge in [-0.1, -0.05) is 0 Å². The Hall–Kier alpha value is -1.21. The zero-order valence-electron chi connectivity index (χ0n) is 10.2. The van der Waals surface area contributed by atoms with E-state index in [0.717, 1.165) is 25.3 Å². The number of benzene rings is 1. The zero-order chi connectivity index (χ0) is 13.8. The van der Waals surface area contributed by atoms with Crippen molar-refractivity contribution in [1.82, 2.24) is 0 Å². The molecule has 7 heteroatoms. The number of hydrogen-bond donors (Lipinski definition) is 1. The normalized spacial score (nSPS) is 19.2. The highest BCUT2D eigenvalue weighted by Crippen LogP contribution is 2.30. The molecule has 0 saturated carbocycles. The molecule has 0 bridgehead atoms. The Bertz CT molecular complexity index is 478. The molecule has 5 nitrogen and oxygen atoms in total. The van der Waals surface area contributed by atoms with Crippen molar-refractivity contribution >= 4 is 27.3 Å². The van der Waals surface area contributed by atoms with E-state index in [4.69, 9.17) is 4.74 Å². The average molecular weight is 333 g/mol. The summed E-state index contributed by atoms with van der Waals surface area (Å²) < 4.78 is 19.0. The summed E-state index contributed by atoms with van der Waals surface area (Å²) in [5, 5.41) is 13.8. The molecular formula is C12H14BrFN2O3. The molecule has 2 rings (SSSR count). The highest BCUT2D eigenvalue weighted by molar-refractivity contribution is 9.10. The largest absolute Gasteiger partial charge is 0.377 e. The van der Waals surface area contributed by atoms with Gasteiger partial charge in [0.25, 0.3) is 5.69 Å². The number of halogens is 2. The van der Waals surface area contributed by atoms with E-state index in [-0.39, 0.29) is 22.0 Å². The lowest BCUT2D eigenvalue weighted by atomic mass is 10.1. The fourth-order valence-electron chi connectivity index (χ4n) is 2.02. The summed E-state index contributed by atoms with van der Waals surface area (Å²) in [7, 11) is 0. The van der Waals surface area contributed by atoms with E-state index >= 15 is 0 Å². The number of anilines is 1. The second-order valence-corrected chi connectivity index (χ2v) is 5.26. The molecule has 0 radical (unpaired) electrons. The van der Waals surface area contributed by atoms with Crippen LogP contribution in [0.3, 0.4) is 0 Å². The van der Waals surface area contributed by atoms with Crippen LogP contribution in [0.25, 0.3) is 0 Å². The number of nitrogens with zero attached hydrogens (tertiary/aromatic N) is 1. The van der Waals surface area contributed by atoms with Crippen LogP contribution in [0, 0.1) is 15.9 Å². The van der Waals surface area contributed by atoms with Crippen molar-refractivity contribution in [3.63, 3.8) is 0 Å². The van der Waals surface area contributed by atoms with E-state index in [0.29, 0.717) is 13.2 Å². The van der Waals surface area contributed by atoms with Gasteiger partial charge in [-0.3, -0.25) is 10.1 Å². The molecule has 1 N–H and O–H groups in total. The first-order valence-electron chi connectivity index (χ1n) is 6.07. The Kier molecular flexibility index (Phi) is 4.71. The van der Waals surface area contributed by atoms with Crippen LogP contribution in [-0.2, 0) is 4.74 Å². The van der Waals surface area contributed by atoms with Gasteiger partial charge in [0.1, 0.15) is 11.5 Å². The molecule has 1 heterocycles. The summed E-state index contributed by atoms with van der Waals surface area (Å²) in [6.07, 6.45) is 3.08. The van der Waals surface area contributed by atoms with E-state index < -0.39 is 10.7 Å². The summed E-state index contributed by atoms with van der Waals surface area (Å²) in [5.74, 6) is -0.530. The van der Waals surface area contributed by atoms with Gasteiger partial charge < -0.3 is 10.1 Å². The number of ether oxygens (including phenoxy) is 1.